The lowest BCUT2D eigenvalue weighted by molar-refractivity contribution is 0.368. The van der Waals surface area contributed by atoms with Gasteiger partial charge in [0.25, 0.3) is 0 Å². The summed E-state index contributed by atoms with van der Waals surface area (Å²) >= 11 is 3.46. The Hall–Kier alpha value is -1.19. The molecular weight excluding hydrogens is 329 g/mol. The summed E-state index contributed by atoms with van der Waals surface area (Å²) in [6, 6.07) is 13.8. The first-order chi connectivity index (χ1) is 10.2. The Balaban J connectivity index is 1.91. The number of hydrogen-bond acceptors (Lipinski definition) is 1. The van der Waals surface area contributed by atoms with Crippen LogP contribution in [-0.4, -0.2) is 6.54 Å². The van der Waals surface area contributed by atoms with Gasteiger partial charge in [-0.3, -0.25) is 0 Å². The third-order valence-electron chi connectivity index (χ3n) is 4.27. The van der Waals surface area contributed by atoms with E-state index in [-0.39, 0.29) is 11.9 Å². The molecule has 1 aliphatic carbocycles. The number of halogens is 2. The molecule has 0 amide bonds. The summed E-state index contributed by atoms with van der Waals surface area (Å²) < 4.78 is 15.2. The van der Waals surface area contributed by atoms with E-state index >= 15 is 0 Å². The Morgan fingerprint density at radius 1 is 1.19 bits per heavy atom. The van der Waals surface area contributed by atoms with Crippen molar-refractivity contribution in [2.24, 2.45) is 5.92 Å². The van der Waals surface area contributed by atoms with Crippen LogP contribution < -0.4 is 5.32 Å². The van der Waals surface area contributed by atoms with Crippen LogP contribution in [0.2, 0.25) is 0 Å². The van der Waals surface area contributed by atoms with Crippen LogP contribution in [0.15, 0.2) is 46.9 Å². The van der Waals surface area contributed by atoms with Gasteiger partial charge in [0.1, 0.15) is 5.82 Å². The molecule has 0 saturated heterocycles. The van der Waals surface area contributed by atoms with Gasteiger partial charge in [-0.15, -0.1) is 0 Å². The first-order valence-corrected chi connectivity index (χ1v) is 8.23. The molecule has 0 fully saturated rings. The molecule has 0 spiro atoms. The normalized spacial score (nSPS) is 16.0. The van der Waals surface area contributed by atoms with Crippen LogP contribution >= 0.6 is 15.9 Å². The highest BCUT2D eigenvalue weighted by Crippen LogP contribution is 2.36. The summed E-state index contributed by atoms with van der Waals surface area (Å²) in [5.41, 5.74) is 3.57. The summed E-state index contributed by atoms with van der Waals surface area (Å²) in [5, 5.41) is 3.48. The molecule has 1 atom stereocenters. The summed E-state index contributed by atoms with van der Waals surface area (Å²) in [6.45, 7) is 2.91. The average molecular weight is 348 g/mol. The summed E-state index contributed by atoms with van der Waals surface area (Å²) in [4.78, 5) is 0. The highest BCUT2D eigenvalue weighted by Gasteiger charge is 2.30. The fourth-order valence-corrected chi connectivity index (χ4v) is 3.71. The molecule has 21 heavy (non-hydrogen) atoms. The predicted octanol–water partition coefficient (Wildman–Crippen LogP) is 4.65. The zero-order valence-electron chi connectivity index (χ0n) is 12.1. The van der Waals surface area contributed by atoms with E-state index in [0.717, 1.165) is 29.4 Å². The van der Waals surface area contributed by atoms with E-state index in [2.05, 4.69) is 52.4 Å². The second-order valence-corrected chi connectivity index (χ2v) is 6.55. The summed E-state index contributed by atoms with van der Waals surface area (Å²) in [6.07, 6.45) is 2.03. The molecule has 0 aliphatic heterocycles. The Morgan fingerprint density at radius 2 is 1.86 bits per heavy atom. The lowest BCUT2D eigenvalue weighted by atomic mass is 9.90. The minimum atomic E-state index is -0.125. The lowest BCUT2D eigenvalue weighted by Gasteiger charge is -2.25. The molecule has 3 heteroatoms. The van der Waals surface area contributed by atoms with Crippen LogP contribution in [-0.2, 0) is 12.8 Å². The second-order valence-electron chi connectivity index (χ2n) is 5.64. The lowest BCUT2D eigenvalue weighted by Crippen LogP contribution is -2.29. The van der Waals surface area contributed by atoms with Gasteiger partial charge in [-0.25, -0.2) is 4.39 Å². The molecule has 3 rings (SSSR count). The van der Waals surface area contributed by atoms with Crippen LogP contribution in [0.25, 0.3) is 0 Å². The standard InChI is InChI=1S/C18H19BrFN/c1-2-21-18(16-11-15(19)7-8-17(16)20)14-9-12-5-3-4-6-13(12)10-14/h3-8,11,14,18,21H,2,9-10H2,1H3. The van der Waals surface area contributed by atoms with E-state index in [1.807, 2.05) is 6.07 Å². The van der Waals surface area contributed by atoms with Gasteiger partial charge in [0.05, 0.1) is 0 Å². The monoisotopic (exact) mass is 347 g/mol. The molecule has 0 radical (unpaired) electrons. The van der Waals surface area contributed by atoms with Crippen molar-refractivity contribution in [3.63, 3.8) is 0 Å². The van der Waals surface area contributed by atoms with Gasteiger partial charge in [0.15, 0.2) is 0 Å². The Labute approximate surface area is 133 Å². The van der Waals surface area contributed by atoms with Gasteiger partial charge in [0, 0.05) is 16.1 Å². The number of benzene rings is 2. The molecule has 2 aromatic carbocycles. The minimum Gasteiger partial charge on any atom is -0.310 e. The van der Waals surface area contributed by atoms with Crippen molar-refractivity contribution in [3.05, 3.63) is 69.4 Å². The topological polar surface area (TPSA) is 12.0 Å². The third-order valence-corrected chi connectivity index (χ3v) is 4.76. The van der Waals surface area contributed by atoms with Gasteiger partial charge >= 0.3 is 0 Å². The van der Waals surface area contributed by atoms with Crippen molar-refractivity contribution in [3.8, 4) is 0 Å². The van der Waals surface area contributed by atoms with Crippen LogP contribution in [0.5, 0.6) is 0 Å². The van der Waals surface area contributed by atoms with Gasteiger partial charge in [0.2, 0.25) is 0 Å². The fraction of sp³-hybridized carbons (Fsp3) is 0.333. The van der Waals surface area contributed by atoms with E-state index in [4.69, 9.17) is 0 Å². The van der Waals surface area contributed by atoms with E-state index in [0.29, 0.717) is 5.92 Å². The van der Waals surface area contributed by atoms with Crippen molar-refractivity contribution in [1.82, 2.24) is 5.32 Å². The first-order valence-electron chi connectivity index (χ1n) is 7.44. The molecule has 2 aromatic rings. The molecule has 110 valence electrons. The van der Waals surface area contributed by atoms with E-state index in [1.54, 1.807) is 12.1 Å². The molecule has 0 bridgehead atoms. The van der Waals surface area contributed by atoms with Crippen LogP contribution in [0.4, 0.5) is 4.39 Å². The Bertz CT molecular complexity index is 616. The van der Waals surface area contributed by atoms with Gasteiger partial charge in [-0.2, -0.15) is 0 Å². The maximum Gasteiger partial charge on any atom is 0.128 e. The molecule has 0 heterocycles. The van der Waals surface area contributed by atoms with Gasteiger partial charge in [-0.1, -0.05) is 47.1 Å². The number of rotatable bonds is 4. The largest absolute Gasteiger partial charge is 0.310 e. The average Bonchev–Trinajstić information content (AvgIpc) is 2.91. The Morgan fingerprint density at radius 3 is 2.48 bits per heavy atom. The molecular formula is C18H19BrFN. The zero-order chi connectivity index (χ0) is 14.8. The van der Waals surface area contributed by atoms with Crippen LogP contribution in [0.3, 0.4) is 0 Å². The van der Waals surface area contributed by atoms with E-state index in [9.17, 15) is 4.39 Å². The van der Waals surface area contributed by atoms with Crippen molar-refractivity contribution < 1.29 is 4.39 Å². The van der Waals surface area contributed by atoms with Crippen molar-refractivity contribution in [2.75, 3.05) is 6.54 Å². The van der Waals surface area contributed by atoms with Gasteiger partial charge in [-0.05, 0) is 54.6 Å². The highest BCUT2D eigenvalue weighted by atomic mass is 79.9. The highest BCUT2D eigenvalue weighted by molar-refractivity contribution is 9.10. The molecule has 0 saturated carbocycles. The van der Waals surface area contributed by atoms with E-state index < -0.39 is 0 Å². The molecule has 1 N–H and O–H groups in total. The molecule has 1 nitrogen and oxygen atoms in total. The number of fused-ring (bicyclic) bond motifs is 1. The molecule has 1 unspecified atom stereocenters. The predicted molar refractivity (Wildman–Crippen MR) is 87.9 cm³/mol. The summed E-state index contributed by atoms with van der Waals surface area (Å²) in [5.74, 6) is 0.284. The van der Waals surface area contributed by atoms with Gasteiger partial charge < -0.3 is 5.32 Å². The molecule has 1 aliphatic rings. The quantitative estimate of drug-likeness (QED) is 0.848. The van der Waals surface area contributed by atoms with Crippen molar-refractivity contribution in [2.45, 2.75) is 25.8 Å². The summed E-state index contributed by atoms with van der Waals surface area (Å²) in [7, 11) is 0. The van der Waals surface area contributed by atoms with Crippen LogP contribution in [0.1, 0.15) is 29.7 Å². The van der Waals surface area contributed by atoms with Crippen molar-refractivity contribution in [1.29, 1.82) is 0 Å². The van der Waals surface area contributed by atoms with Crippen molar-refractivity contribution >= 4 is 15.9 Å². The molecule has 0 aromatic heterocycles. The zero-order valence-corrected chi connectivity index (χ0v) is 13.7. The fourth-order valence-electron chi connectivity index (χ4n) is 3.33. The third kappa shape index (κ3) is 3.04. The SMILES string of the molecule is CCNC(c1cc(Br)ccc1F)C1Cc2ccccc2C1. The minimum absolute atomic E-state index is 0.0555. The second kappa shape index (κ2) is 6.29. The first kappa shape index (κ1) is 14.7. The maximum absolute atomic E-state index is 14.3. The number of nitrogens with one attached hydrogen (secondary N) is 1. The number of hydrogen-bond donors (Lipinski definition) is 1. The van der Waals surface area contributed by atoms with Crippen LogP contribution in [0, 0.1) is 11.7 Å². The van der Waals surface area contributed by atoms with E-state index in [1.165, 1.54) is 11.1 Å². The maximum atomic E-state index is 14.3. The smallest absolute Gasteiger partial charge is 0.128 e. The Kier molecular flexibility index (Phi) is 4.41.